The summed E-state index contributed by atoms with van der Waals surface area (Å²) in [6, 6.07) is 7.63. The summed E-state index contributed by atoms with van der Waals surface area (Å²) in [4.78, 5) is 24.6. The van der Waals surface area contributed by atoms with E-state index in [9.17, 15) is 14.7 Å². The molecule has 118 valence electrons. The Morgan fingerprint density at radius 3 is 2.45 bits per heavy atom. The van der Waals surface area contributed by atoms with E-state index in [0.29, 0.717) is 11.1 Å². The summed E-state index contributed by atoms with van der Waals surface area (Å²) in [5, 5.41) is 18.5. The zero-order chi connectivity index (χ0) is 16.9. The number of carbonyl (C=O) groups is 2. The molecule has 0 radical (unpaired) electrons. The van der Waals surface area contributed by atoms with Crippen LogP contribution in [0.1, 0.15) is 31.9 Å². The predicted octanol–water partition coefficient (Wildman–Crippen LogP) is 2.42. The summed E-state index contributed by atoms with van der Waals surface area (Å²) < 4.78 is 5.18. The Morgan fingerprint density at radius 1 is 1.36 bits per heavy atom. The van der Waals surface area contributed by atoms with Crippen LogP contribution in [-0.4, -0.2) is 40.8 Å². The lowest BCUT2D eigenvalue weighted by Crippen LogP contribution is -2.46. The molecule has 1 atom stereocenters. The lowest BCUT2D eigenvalue weighted by atomic mass is 10.0. The molecular formula is C16H20N2O4. The third-order valence-corrected chi connectivity index (χ3v) is 2.99. The van der Waals surface area contributed by atoms with Gasteiger partial charge < -0.3 is 9.84 Å². The van der Waals surface area contributed by atoms with Crippen LogP contribution in [0, 0.1) is 11.3 Å². The molecule has 22 heavy (non-hydrogen) atoms. The molecule has 0 bridgehead atoms. The number of likely N-dealkylation sites (N-methyl/N-ethyl adjacent to an activating group) is 1. The molecule has 0 spiro atoms. The number of benzene rings is 1. The highest BCUT2D eigenvalue weighted by Gasteiger charge is 2.30. The van der Waals surface area contributed by atoms with Crippen molar-refractivity contribution in [3.63, 3.8) is 0 Å². The van der Waals surface area contributed by atoms with E-state index in [1.54, 1.807) is 45.0 Å². The molecule has 6 heteroatoms. The predicted molar refractivity (Wildman–Crippen MR) is 80.3 cm³/mol. The second kappa shape index (κ2) is 6.94. The number of hydrogen-bond donors (Lipinski definition) is 1. The highest BCUT2D eigenvalue weighted by molar-refractivity contribution is 5.80. The molecular weight excluding hydrogens is 284 g/mol. The fraction of sp³-hybridized carbons (Fsp3) is 0.438. The van der Waals surface area contributed by atoms with E-state index in [4.69, 9.17) is 10.00 Å². The van der Waals surface area contributed by atoms with Gasteiger partial charge in [-0.15, -0.1) is 0 Å². The van der Waals surface area contributed by atoms with E-state index >= 15 is 0 Å². The minimum atomic E-state index is -1.15. The second-order valence-corrected chi connectivity index (χ2v) is 5.92. The number of nitriles is 1. The molecule has 6 nitrogen and oxygen atoms in total. The van der Waals surface area contributed by atoms with E-state index < -0.39 is 23.7 Å². The molecule has 0 aliphatic heterocycles. The van der Waals surface area contributed by atoms with Gasteiger partial charge in [-0.2, -0.15) is 5.26 Å². The van der Waals surface area contributed by atoms with Gasteiger partial charge in [0, 0.05) is 13.5 Å². The van der Waals surface area contributed by atoms with Crippen LogP contribution in [0.25, 0.3) is 0 Å². The molecule has 0 aliphatic rings. The van der Waals surface area contributed by atoms with Crippen LogP contribution in [0.4, 0.5) is 4.79 Å². The van der Waals surface area contributed by atoms with Crippen molar-refractivity contribution in [2.75, 3.05) is 7.05 Å². The minimum Gasteiger partial charge on any atom is -0.480 e. The van der Waals surface area contributed by atoms with Crippen LogP contribution in [-0.2, 0) is 16.0 Å². The third-order valence-electron chi connectivity index (χ3n) is 2.99. The van der Waals surface area contributed by atoms with Crippen molar-refractivity contribution >= 4 is 12.1 Å². The molecule has 0 aliphatic carbocycles. The van der Waals surface area contributed by atoms with Gasteiger partial charge in [0.1, 0.15) is 11.6 Å². The molecule has 1 N–H and O–H groups in total. The molecule has 0 saturated carbocycles. The molecule has 0 heterocycles. The normalized spacial score (nSPS) is 12.1. The Kier molecular flexibility index (Phi) is 5.52. The van der Waals surface area contributed by atoms with Crippen molar-refractivity contribution in [3.8, 4) is 6.07 Å². The van der Waals surface area contributed by atoms with Gasteiger partial charge in [0.2, 0.25) is 0 Å². The maximum atomic E-state index is 12.0. The average molecular weight is 304 g/mol. The van der Waals surface area contributed by atoms with Crippen molar-refractivity contribution in [1.82, 2.24) is 4.90 Å². The standard InChI is InChI=1S/C16H20N2O4/c1-16(2,3)22-15(21)18(4)13(14(19)20)9-11-7-5-6-8-12(11)10-17/h5-8,13H,9H2,1-4H3,(H,19,20). The number of ether oxygens (including phenoxy) is 1. The first-order valence-corrected chi connectivity index (χ1v) is 6.82. The van der Waals surface area contributed by atoms with Crippen LogP contribution >= 0.6 is 0 Å². The molecule has 0 saturated heterocycles. The van der Waals surface area contributed by atoms with Gasteiger partial charge in [-0.1, -0.05) is 18.2 Å². The van der Waals surface area contributed by atoms with Gasteiger partial charge in [0.15, 0.2) is 0 Å². The van der Waals surface area contributed by atoms with E-state index in [2.05, 4.69) is 0 Å². The molecule has 1 aromatic carbocycles. The number of carboxylic acid groups (broad SMARTS) is 1. The first kappa shape index (κ1) is 17.5. The Morgan fingerprint density at radius 2 is 1.95 bits per heavy atom. The molecule has 0 aromatic heterocycles. The summed E-state index contributed by atoms with van der Waals surface area (Å²) in [6.45, 7) is 5.12. The van der Waals surface area contributed by atoms with Crippen LogP contribution in [0.15, 0.2) is 24.3 Å². The van der Waals surface area contributed by atoms with Crippen LogP contribution in [0.3, 0.4) is 0 Å². The number of hydrogen-bond acceptors (Lipinski definition) is 4. The Bertz CT molecular complexity index is 599. The largest absolute Gasteiger partial charge is 0.480 e. The van der Waals surface area contributed by atoms with E-state index in [0.717, 1.165) is 4.90 Å². The van der Waals surface area contributed by atoms with Gasteiger partial charge in [0.25, 0.3) is 0 Å². The number of aliphatic carboxylic acids is 1. The van der Waals surface area contributed by atoms with Gasteiger partial charge in [-0.3, -0.25) is 4.90 Å². The average Bonchev–Trinajstić information content (AvgIpc) is 2.42. The molecule has 1 aromatic rings. The maximum Gasteiger partial charge on any atom is 0.410 e. The SMILES string of the molecule is CN(C(=O)OC(C)(C)C)C(Cc1ccccc1C#N)C(=O)O. The number of rotatable bonds is 4. The fourth-order valence-corrected chi connectivity index (χ4v) is 1.87. The number of carboxylic acids is 1. The summed E-state index contributed by atoms with van der Waals surface area (Å²) in [5.41, 5.74) is 0.262. The lowest BCUT2D eigenvalue weighted by Gasteiger charge is -2.28. The molecule has 1 unspecified atom stereocenters. The van der Waals surface area contributed by atoms with Crippen molar-refractivity contribution in [1.29, 1.82) is 5.26 Å². The summed E-state index contributed by atoms with van der Waals surface area (Å²) in [6.07, 6.45) is -0.677. The molecule has 0 fully saturated rings. The monoisotopic (exact) mass is 304 g/mol. The van der Waals surface area contributed by atoms with Crippen molar-refractivity contribution < 1.29 is 19.4 Å². The smallest absolute Gasteiger partial charge is 0.410 e. The Labute approximate surface area is 129 Å². The van der Waals surface area contributed by atoms with Crippen molar-refractivity contribution in [2.45, 2.75) is 38.8 Å². The van der Waals surface area contributed by atoms with E-state index in [1.165, 1.54) is 7.05 Å². The van der Waals surface area contributed by atoms with E-state index in [-0.39, 0.29) is 6.42 Å². The lowest BCUT2D eigenvalue weighted by molar-refractivity contribution is -0.142. The zero-order valence-electron chi connectivity index (χ0n) is 13.2. The van der Waals surface area contributed by atoms with Crippen LogP contribution in [0.2, 0.25) is 0 Å². The summed E-state index contributed by atoms with van der Waals surface area (Å²) >= 11 is 0. The summed E-state index contributed by atoms with van der Waals surface area (Å²) in [7, 11) is 1.38. The van der Waals surface area contributed by atoms with Crippen molar-refractivity contribution in [2.24, 2.45) is 0 Å². The van der Waals surface area contributed by atoms with Gasteiger partial charge in [-0.25, -0.2) is 9.59 Å². The maximum absolute atomic E-state index is 12.0. The highest BCUT2D eigenvalue weighted by atomic mass is 16.6. The Hall–Kier alpha value is -2.55. The molecule has 1 rings (SSSR count). The Balaban J connectivity index is 2.97. The van der Waals surface area contributed by atoms with Gasteiger partial charge in [0.05, 0.1) is 11.6 Å². The van der Waals surface area contributed by atoms with Crippen LogP contribution in [0.5, 0.6) is 0 Å². The van der Waals surface area contributed by atoms with Crippen molar-refractivity contribution in [3.05, 3.63) is 35.4 Å². The first-order chi connectivity index (χ1) is 10.2. The fourth-order valence-electron chi connectivity index (χ4n) is 1.87. The van der Waals surface area contributed by atoms with Crippen LogP contribution < -0.4 is 0 Å². The number of amides is 1. The number of carbonyl (C=O) groups excluding carboxylic acids is 1. The second-order valence-electron chi connectivity index (χ2n) is 5.92. The first-order valence-electron chi connectivity index (χ1n) is 6.82. The topological polar surface area (TPSA) is 90.6 Å². The third kappa shape index (κ3) is 4.77. The highest BCUT2D eigenvalue weighted by Crippen LogP contribution is 2.16. The van der Waals surface area contributed by atoms with E-state index in [1.807, 2.05) is 6.07 Å². The number of nitrogens with zero attached hydrogens (tertiary/aromatic N) is 2. The van der Waals surface area contributed by atoms with Gasteiger partial charge >= 0.3 is 12.1 Å². The minimum absolute atomic E-state index is 0.0365. The van der Waals surface area contributed by atoms with Gasteiger partial charge in [-0.05, 0) is 32.4 Å². The zero-order valence-corrected chi connectivity index (χ0v) is 13.2. The summed E-state index contributed by atoms with van der Waals surface area (Å²) in [5.74, 6) is -1.15. The quantitative estimate of drug-likeness (QED) is 0.922. The molecule has 1 amide bonds.